The zero-order valence-electron chi connectivity index (χ0n) is 11.1. The maximum Gasteiger partial charge on any atom is 0.251 e. The molecule has 0 radical (unpaired) electrons. The van der Waals surface area contributed by atoms with Gasteiger partial charge in [-0.15, -0.1) is 0 Å². The van der Waals surface area contributed by atoms with E-state index in [1.807, 2.05) is 0 Å². The van der Waals surface area contributed by atoms with Gasteiger partial charge in [0.1, 0.15) is 0 Å². The number of halogens is 1. The number of amides is 1. The van der Waals surface area contributed by atoms with Crippen LogP contribution in [0.2, 0.25) is 5.02 Å². The Hall–Kier alpha value is -1.06. The molecule has 2 saturated heterocycles. The number of hydrogen-bond acceptors (Lipinski definition) is 2. The lowest BCUT2D eigenvalue weighted by Crippen LogP contribution is -2.53. The molecule has 0 aliphatic carbocycles. The van der Waals surface area contributed by atoms with Crippen molar-refractivity contribution in [3.63, 3.8) is 0 Å². The minimum atomic E-state index is 0.0102. The smallest absolute Gasteiger partial charge is 0.251 e. The Bertz CT molecular complexity index is 474. The van der Waals surface area contributed by atoms with Crippen LogP contribution >= 0.6 is 11.6 Å². The van der Waals surface area contributed by atoms with E-state index in [0.29, 0.717) is 16.6 Å². The number of nitrogens with zero attached hydrogens (tertiary/aromatic N) is 1. The highest BCUT2D eigenvalue weighted by molar-refractivity contribution is 6.30. The van der Waals surface area contributed by atoms with E-state index in [-0.39, 0.29) is 11.9 Å². The Morgan fingerprint density at radius 3 is 2.84 bits per heavy atom. The topological polar surface area (TPSA) is 32.3 Å². The van der Waals surface area contributed by atoms with Crippen molar-refractivity contribution < 1.29 is 4.79 Å². The first-order chi connectivity index (χ1) is 9.13. The van der Waals surface area contributed by atoms with Crippen molar-refractivity contribution >= 4 is 17.5 Å². The Morgan fingerprint density at radius 2 is 2.11 bits per heavy atom. The SMILES string of the molecule is CC1C(NC(=O)c2ccc(Cl)cc2)CC2CCN1C2. The predicted molar refractivity (Wildman–Crippen MR) is 76.5 cm³/mol. The summed E-state index contributed by atoms with van der Waals surface area (Å²) in [7, 11) is 0. The first kappa shape index (κ1) is 12.9. The highest BCUT2D eigenvalue weighted by Gasteiger charge is 2.38. The van der Waals surface area contributed by atoms with Crippen LogP contribution in [0.25, 0.3) is 0 Å². The lowest BCUT2D eigenvalue weighted by molar-refractivity contribution is 0.0862. The highest BCUT2D eigenvalue weighted by Crippen LogP contribution is 2.31. The van der Waals surface area contributed by atoms with Crippen LogP contribution in [0.15, 0.2) is 24.3 Å². The molecule has 1 amide bonds. The molecule has 0 spiro atoms. The average Bonchev–Trinajstić information content (AvgIpc) is 2.80. The van der Waals surface area contributed by atoms with Crippen molar-refractivity contribution in [3.05, 3.63) is 34.9 Å². The van der Waals surface area contributed by atoms with Crippen LogP contribution in [0.3, 0.4) is 0 Å². The number of hydrogen-bond donors (Lipinski definition) is 1. The predicted octanol–water partition coefficient (Wildman–Crippen LogP) is 2.55. The molecule has 1 N–H and O–H groups in total. The van der Waals surface area contributed by atoms with E-state index in [1.165, 1.54) is 19.5 Å². The fourth-order valence-corrected chi connectivity index (χ4v) is 3.39. The third-order valence-corrected chi connectivity index (χ3v) is 4.74. The highest BCUT2D eigenvalue weighted by atomic mass is 35.5. The second-order valence-electron chi connectivity index (χ2n) is 5.71. The molecular weight excluding hydrogens is 260 g/mol. The number of fused-ring (bicyclic) bond motifs is 2. The van der Waals surface area contributed by atoms with E-state index in [1.54, 1.807) is 24.3 Å². The van der Waals surface area contributed by atoms with Gasteiger partial charge in [0.15, 0.2) is 0 Å². The van der Waals surface area contributed by atoms with Gasteiger partial charge in [-0.25, -0.2) is 0 Å². The van der Waals surface area contributed by atoms with Crippen molar-refractivity contribution in [1.82, 2.24) is 10.2 Å². The third-order valence-electron chi connectivity index (χ3n) is 4.49. The van der Waals surface area contributed by atoms with Crippen molar-refractivity contribution in [1.29, 1.82) is 0 Å². The summed E-state index contributed by atoms with van der Waals surface area (Å²) in [5.41, 5.74) is 0.685. The summed E-state index contributed by atoms with van der Waals surface area (Å²) in [6.45, 7) is 4.60. The molecule has 4 heteroatoms. The zero-order chi connectivity index (χ0) is 13.4. The third kappa shape index (κ3) is 2.63. The Balaban J connectivity index is 1.67. The second kappa shape index (κ2) is 5.14. The van der Waals surface area contributed by atoms with Crippen molar-refractivity contribution in [2.24, 2.45) is 5.92 Å². The molecule has 1 aromatic carbocycles. The second-order valence-corrected chi connectivity index (χ2v) is 6.15. The van der Waals surface area contributed by atoms with E-state index >= 15 is 0 Å². The standard InChI is InChI=1S/C15H19ClN2O/c1-10-14(8-11-6-7-18(10)9-11)17-15(19)12-2-4-13(16)5-3-12/h2-5,10-11,14H,6-9H2,1H3,(H,17,19). The number of nitrogens with one attached hydrogen (secondary N) is 1. The normalized spacial score (nSPS) is 33.2. The van der Waals surface area contributed by atoms with Crippen LogP contribution in [0.5, 0.6) is 0 Å². The molecule has 2 aliphatic heterocycles. The minimum Gasteiger partial charge on any atom is -0.348 e. The summed E-state index contributed by atoms with van der Waals surface area (Å²) in [6, 6.07) is 7.78. The fourth-order valence-electron chi connectivity index (χ4n) is 3.27. The molecule has 2 aliphatic rings. The summed E-state index contributed by atoms with van der Waals surface area (Å²) >= 11 is 5.84. The van der Waals surface area contributed by atoms with Gasteiger partial charge in [-0.05, 0) is 56.5 Å². The molecule has 0 aromatic heterocycles. The Kier molecular flexibility index (Phi) is 3.50. The summed E-state index contributed by atoms with van der Waals surface area (Å²) < 4.78 is 0. The molecule has 2 heterocycles. The van der Waals surface area contributed by atoms with Crippen LogP contribution in [-0.2, 0) is 0 Å². The van der Waals surface area contributed by atoms with Gasteiger partial charge in [0.25, 0.3) is 5.91 Å². The van der Waals surface area contributed by atoms with Crippen molar-refractivity contribution in [3.8, 4) is 0 Å². The molecular formula is C15H19ClN2O. The van der Waals surface area contributed by atoms with Gasteiger partial charge >= 0.3 is 0 Å². The van der Waals surface area contributed by atoms with Gasteiger partial charge in [-0.3, -0.25) is 9.69 Å². The van der Waals surface area contributed by atoms with Gasteiger partial charge in [0, 0.05) is 29.2 Å². The molecule has 102 valence electrons. The number of carbonyl (C=O) groups excluding carboxylic acids is 1. The molecule has 4 atom stereocenters. The summed E-state index contributed by atoms with van der Waals surface area (Å²) in [4.78, 5) is 14.7. The number of benzene rings is 1. The van der Waals surface area contributed by atoms with E-state index in [2.05, 4.69) is 17.1 Å². The maximum atomic E-state index is 12.2. The molecule has 19 heavy (non-hydrogen) atoms. The van der Waals surface area contributed by atoms with E-state index in [0.717, 1.165) is 12.3 Å². The molecule has 2 bridgehead atoms. The first-order valence-electron chi connectivity index (χ1n) is 6.94. The first-order valence-corrected chi connectivity index (χ1v) is 7.32. The Morgan fingerprint density at radius 1 is 1.37 bits per heavy atom. The van der Waals surface area contributed by atoms with Gasteiger partial charge in [0.2, 0.25) is 0 Å². The maximum absolute atomic E-state index is 12.2. The van der Waals surface area contributed by atoms with E-state index in [4.69, 9.17) is 11.6 Å². The number of piperidine rings is 1. The van der Waals surface area contributed by atoms with Crippen LogP contribution in [0.4, 0.5) is 0 Å². The summed E-state index contributed by atoms with van der Waals surface area (Å²) in [5, 5.41) is 3.84. The molecule has 0 saturated carbocycles. The van der Waals surface area contributed by atoms with Gasteiger partial charge in [-0.1, -0.05) is 11.6 Å². The quantitative estimate of drug-likeness (QED) is 0.902. The lowest BCUT2D eigenvalue weighted by atomic mass is 9.92. The minimum absolute atomic E-state index is 0.0102. The monoisotopic (exact) mass is 278 g/mol. The van der Waals surface area contributed by atoms with Crippen LogP contribution < -0.4 is 5.32 Å². The van der Waals surface area contributed by atoms with Gasteiger partial charge < -0.3 is 5.32 Å². The fraction of sp³-hybridized carbons (Fsp3) is 0.533. The molecule has 3 nitrogen and oxygen atoms in total. The van der Waals surface area contributed by atoms with Crippen LogP contribution in [0, 0.1) is 5.92 Å². The molecule has 1 aromatic rings. The molecule has 4 unspecified atom stereocenters. The van der Waals surface area contributed by atoms with Gasteiger partial charge in [-0.2, -0.15) is 0 Å². The molecule has 2 fully saturated rings. The van der Waals surface area contributed by atoms with Crippen LogP contribution in [-0.4, -0.2) is 36.0 Å². The van der Waals surface area contributed by atoms with Crippen LogP contribution in [0.1, 0.15) is 30.1 Å². The number of carbonyl (C=O) groups is 1. The van der Waals surface area contributed by atoms with E-state index in [9.17, 15) is 4.79 Å². The average molecular weight is 279 g/mol. The summed E-state index contributed by atoms with van der Waals surface area (Å²) in [6.07, 6.45) is 2.38. The largest absolute Gasteiger partial charge is 0.348 e. The van der Waals surface area contributed by atoms with E-state index < -0.39 is 0 Å². The number of rotatable bonds is 2. The molecule has 3 rings (SSSR count). The summed E-state index contributed by atoms with van der Waals surface area (Å²) in [5.74, 6) is 0.766. The zero-order valence-corrected chi connectivity index (χ0v) is 11.9. The lowest BCUT2D eigenvalue weighted by Gasteiger charge is -2.37. The van der Waals surface area contributed by atoms with Crippen molar-refractivity contribution in [2.45, 2.75) is 31.8 Å². The van der Waals surface area contributed by atoms with Gasteiger partial charge in [0.05, 0.1) is 0 Å². The van der Waals surface area contributed by atoms with Crippen molar-refractivity contribution in [2.75, 3.05) is 13.1 Å². The Labute approximate surface area is 118 Å².